The lowest BCUT2D eigenvalue weighted by molar-refractivity contribution is 0.0734. The van der Waals surface area contributed by atoms with Crippen molar-refractivity contribution in [1.82, 2.24) is 0 Å². The molecule has 146 valence electrons. The highest BCUT2D eigenvalue weighted by molar-refractivity contribution is 5.91. The lowest BCUT2D eigenvalue weighted by Gasteiger charge is -2.07. The summed E-state index contributed by atoms with van der Waals surface area (Å²) in [5.41, 5.74) is 3.18. The second kappa shape index (κ2) is 12.3. The van der Waals surface area contributed by atoms with E-state index in [0.29, 0.717) is 11.3 Å². The van der Waals surface area contributed by atoms with E-state index in [4.69, 9.17) is 4.74 Å². The Morgan fingerprint density at radius 3 is 1.81 bits per heavy atom. The van der Waals surface area contributed by atoms with Gasteiger partial charge in [-0.3, -0.25) is 0 Å². The Bertz CT molecular complexity index is 656. The predicted molar refractivity (Wildman–Crippen MR) is 114 cm³/mol. The van der Waals surface area contributed by atoms with Crippen molar-refractivity contribution in [2.45, 2.75) is 78.1 Å². The first kappa shape index (κ1) is 21.2. The number of hydrogen-bond donors (Lipinski definition) is 0. The number of ether oxygens (including phenoxy) is 1. The number of benzene rings is 2. The van der Waals surface area contributed by atoms with E-state index in [2.05, 4.69) is 26.0 Å². The number of esters is 1. The van der Waals surface area contributed by atoms with Crippen LogP contribution >= 0.6 is 0 Å². The van der Waals surface area contributed by atoms with E-state index in [0.717, 1.165) is 12.8 Å². The third-order valence-corrected chi connectivity index (χ3v) is 4.96. The zero-order valence-corrected chi connectivity index (χ0v) is 17.0. The molecule has 2 nitrogen and oxygen atoms in total. The molecule has 0 spiro atoms. The molecule has 0 N–H and O–H groups in total. The average molecular weight is 367 g/mol. The molecular weight excluding hydrogens is 332 g/mol. The van der Waals surface area contributed by atoms with Crippen LogP contribution in [0.2, 0.25) is 0 Å². The van der Waals surface area contributed by atoms with Crippen LogP contribution in [0.3, 0.4) is 0 Å². The minimum Gasteiger partial charge on any atom is -0.423 e. The first-order valence-electron chi connectivity index (χ1n) is 10.6. The number of unbranched alkanes of at least 4 members (excludes halogenated alkanes) is 6. The van der Waals surface area contributed by atoms with Crippen LogP contribution < -0.4 is 4.74 Å². The van der Waals surface area contributed by atoms with Gasteiger partial charge in [-0.25, -0.2) is 4.79 Å². The van der Waals surface area contributed by atoms with E-state index in [1.54, 1.807) is 0 Å². The molecule has 0 unspecified atom stereocenters. The van der Waals surface area contributed by atoms with Crippen LogP contribution in [0.15, 0.2) is 48.5 Å². The van der Waals surface area contributed by atoms with Crippen LogP contribution in [0.25, 0.3) is 0 Å². The Kier molecular flexibility index (Phi) is 9.68. The maximum atomic E-state index is 12.3. The van der Waals surface area contributed by atoms with Gasteiger partial charge in [0.2, 0.25) is 0 Å². The predicted octanol–water partition coefficient (Wildman–Crippen LogP) is 7.15. The second-order valence-corrected chi connectivity index (χ2v) is 7.35. The summed E-state index contributed by atoms with van der Waals surface area (Å²) in [5, 5.41) is 0. The van der Waals surface area contributed by atoms with Crippen molar-refractivity contribution in [3.63, 3.8) is 0 Å². The van der Waals surface area contributed by atoms with E-state index >= 15 is 0 Å². The lowest BCUT2D eigenvalue weighted by atomic mass is 10.0. The van der Waals surface area contributed by atoms with Crippen molar-refractivity contribution in [2.75, 3.05) is 0 Å². The average Bonchev–Trinajstić information content (AvgIpc) is 2.70. The third kappa shape index (κ3) is 7.99. The monoisotopic (exact) mass is 366 g/mol. The molecule has 0 aliphatic rings. The van der Waals surface area contributed by atoms with Gasteiger partial charge in [0.15, 0.2) is 0 Å². The zero-order chi connectivity index (χ0) is 19.3. The van der Waals surface area contributed by atoms with Gasteiger partial charge in [0.1, 0.15) is 5.75 Å². The Hall–Kier alpha value is -2.09. The maximum Gasteiger partial charge on any atom is 0.343 e. The van der Waals surface area contributed by atoms with Crippen molar-refractivity contribution in [3.8, 4) is 5.75 Å². The van der Waals surface area contributed by atoms with Crippen molar-refractivity contribution < 1.29 is 9.53 Å². The van der Waals surface area contributed by atoms with Gasteiger partial charge in [-0.1, -0.05) is 76.6 Å². The summed E-state index contributed by atoms with van der Waals surface area (Å²) in [7, 11) is 0. The molecule has 27 heavy (non-hydrogen) atoms. The molecule has 0 fully saturated rings. The third-order valence-electron chi connectivity index (χ3n) is 4.96. The van der Waals surface area contributed by atoms with E-state index < -0.39 is 0 Å². The van der Waals surface area contributed by atoms with Gasteiger partial charge in [-0.05, 0) is 61.1 Å². The van der Waals surface area contributed by atoms with Crippen molar-refractivity contribution in [3.05, 3.63) is 65.2 Å². The molecule has 0 bridgehead atoms. The fourth-order valence-corrected chi connectivity index (χ4v) is 3.19. The highest BCUT2D eigenvalue weighted by Crippen LogP contribution is 2.17. The summed E-state index contributed by atoms with van der Waals surface area (Å²) in [6.07, 6.45) is 12.4. The topological polar surface area (TPSA) is 26.3 Å². The van der Waals surface area contributed by atoms with E-state index in [1.165, 1.54) is 62.5 Å². The van der Waals surface area contributed by atoms with Crippen LogP contribution in [-0.4, -0.2) is 5.97 Å². The fraction of sp³-hybridized carbons (Fsp3) is 0.480. The van der Waals surface area contributed by atoms with Gasteiger partial charge in [-0.15, -0.1) is 0 Å². The number of aryl methyl sites for hydroxylation is 2. The van der Waals surface area contributed by atoms with Crippen LogP contribution in [-0.2, 0) is 12.8 Å². The Morgan fingerprint density at radius 1 is 0.667 bits per heavy atom. The standard InChI is InChI=1S/C25H34O2/c1-3-5-7-8-9-10-12-22-15-19-24(20-16-22)27-25(26)23-17-13-21(14-18-23)11-6-4-2/h13-20H,3-12H2,1-2H3. The van der Waals surface area contributed by atoms with Gasteiger partial charge >= 0.3 is 5.97 Å². The largest absolute Gasteiger partial charge is 0.423 e. The summed E-state index contributed by atoms with van der Waals surface area (Å²) < 4.78 is 5.51. The minimum absolute atomic E-state index is 0.291. The van der Waals surface area contributed by atoms with Crippen LogP contribution in [0.5, 0.6) is 5.75 Å². The van der Waals surface area contributed by atoms with Gasteiger partial charge in [-0.2, -0.15) is 0 Å². The SMILES string of the molecule is CCCCCCCCc1ccc(OC(=O)c2ccc(CCCC)cc2)cc1. The van der Waals surface area contributed by atoms with Crippen LogP contribution in [0.1, 0.15) is 86.7 Å². The lowest BCUT2D eigenvalue weighted by Crippen LogP contribution is -2.08. The van der Waals surface area contributed by atoms with Crippen LogP contribution in [0.4, 0.5) is 0 Å². The molecule has 0 heterocycles. The molecule has 0 aromatic heterocycles. The Balaban J connectivity index is 1.77. The van der Waals surface area contributed by atoms with E-state index in [1.807, 2.05) is 36.4 Å². The molecule has 0 saturated heterocycles. The van der Waals surface area contributed by atoms with Crippen molar-refractivity contribution in [1.29, 1.82) is 0 Å². The molecule has 2 aromatic rings. The molecule has 0 atom stereocenters. The quantitative estimate of drug-likeness (QED) is 0.226. The van der Waals surface area contributed by atoms with Crippen molar-refractivity contribution in [2.24, 2.45) is 0 Å². The molecule has 2 heteroatoms. The Labute approximate surface area is 165 Å². The van der Waals surface area contributed by atoms with Crippen LogP contribution in [0, 0.1) is 0 Å². The van der Waals surface area contributed by atoms with Gasteiger partial charge in [0.25, 0.3) is 0 Å². The highest BCUT2D eigenvalue weighted by Gasteiger charge is 2.08. The van der Waals surface area contributed by atoms with Gasteiger partial charge in [0, 0.05) is 0 Å². The summed E-state index contributed by atoms with van der Waals surface area (Å²) in [6.45, 7) is 4.43. The maximum absolute atomic E-state index is 12.3. The first-order chi connectivity index (χ1) is 13.2. The highest BCUT2D eigenvalue weighted by atomic mass is 16.5. The molecule has 2 aromatic carbocycles. The minimum atomic E-state index is -0.291. The smallest absolute Gasteiger partial charge is 0.343 e. The number of carbonyl (C=O) groups is 1. The van der Waals surface area contributed by atoms with Gasteiger partial charge in [0.05, 0.1) is 5.56 Å². The first-order valence-corrected chi connectivity index (χ1v) is 10.6. The summed E-state index contributed by atoms with van der Waals surface area (Å²) in [5.74, 6) is 0.322. The zero-order valence-electron chi connectivity index (χ0n) is 17.0. The number of carbonyl (C=O) groups excluding carboxylic acids is 1. The number of hydrogen-bond acceptors (Lipinski definition) is 2. The summed E-state index contributed by atoms with van der Waals surface area (Å²) in [6, 6.07) is 15.7. The second-order valence-electron chi connectivity index (χ2n) is 7.35. The van der Waals surface area contributed by atoms with Gasteiger partial charge < -0.3 is 4.74 Å². The molecule has 0 aliphatic carbocycles. The number of rotatable bonds is 12. The van der Waals surface area contributed by atoms with E-state index in [9.17, 15) is 4.79 Å². The summed E-state index contributed by atoms with van der Waals surface area (Å²) >= 11 is 0. The van der Waals surface area contributed by atoms with E-state index in [-0.39, 0.29) is 5.97 Å². The molecule has 0 aliphatic heterocycles. The molecule has 0 amide bonds. The molecule has 0 saturated carbocycles. The normalized spacial score (nSPS) is 10.7. The Morgan fingerprint density at radius 2 is 1.19 bits per heavy atom. The molecule has 2 rings (SSSR count). The van der Waals surface area contributed by atoms with Crippen molar-refractivity contribution >= 4 is 5.97 Å². The molecular formula is C25H34O2. The molecule has 0 radical (unpaired) electrons. The fourth-order valence-electron chi connectivity index (χ4n) is 3.19. The summed E-state index contributed by atoms with van der Waals surface area (Å²) in [4.78, 5) is 12.3.